The molecule has 0 fully saturated rings. The van der Waals surface area contributed by atoms with Crippen molar-refractivity contribution in [1.29, 1.82) is 0 Å². The first-order valence-electron chi connectivity index (χ1n) is 7.34. The largest absolute Gasteiger partial charge is 0.454 e. The molecule has 0 heterocycles. The minimum atomic E-state index is -0.547. The molecule has 0 unspecified atom stereocenters. The number of thioether (sulfide) groups is 1. The maximum absolute atomic E-state index is 12.5. The van der Waals surface area contributed by atoms with Crippen molar-refractivity contribution in [1.82, 2.24) is 5.32 Å². The lowest BCUT2D eigenvalue weighted by molar-refractivity contribution is -0.148. The molecule has 0 aliphatic rings. The van der Waals surface area contributed by atoms with Gasteiger partial charge in [0.15, 0.2) is 6.61 Å². The summed E-state index contributed by atoms with van der Waals surface area (Å²) in [7, 11) is 0. The number of carbonyl (C=O) groups is 2. The Labute approximate surface area is 145 Å². The number of amides is 1. The van der Waals surface area contributed by atoms with Gasteiger partial charge in [-0.15, -0.1) is 18.2 Å². The highest BCUT2D eigenvalue weighted by Gasteiger charge is 2.24. The number of nitrogens with one attached hydrogen (secondary N) is 1. The summed E-state index contributed by atoms with van der Waals surface area (Å²) in [6, 6.07) is 18.9. The molecule has 0 saturated heterocycles. The highest BCUT2D eigenvalue weighted by atomic mass is 32.2. The van der Waals surface area contributed by atoms with Gasteiger partial charge in [0.25, 0.3) is 5.91 Å². The molecule has 1 atom stereocenters. The van der Waals surface area contributed by atoms with E-state index in [0.717, 1.165) is 10.5 Å². The highest BCUT2D eigenvalue weighted by molar-refractivity contribution is 8.00. The number of hydrogen-bond donors (Lipinski definition) is 1. The second kappa shape index (κ2) is 9.43. The summed E-state index contributed by atoms with van der Waals surface area (Å²) >= 11 is 1.38. The Morgan fingerprint density at radius 3 is 2.33 bits per heavy atom. The zero-order chi connectivity index (χ0) is 17.2. The van der Waals surface area contributed by atoms with Gasteiger partial charge in [-0.2, -0.15) is 0 Å². The SMILES string of the molecule is C#CCNC(=O)COC(=O)[C@H](Sc1ccccc1)c1ccccc1. The normalized spacial score (nSPS) is 11.1. The van der Waals surface area contributed by atoms with Crippen molar-refractivity contribution in [2.75, 3.05) is 13.2 Å². The van der Waals surface area contributed by atoms with Gasteiger partial charge >= 0.3 is 5.97 Å². The summed E-state index contributed by atoms with van der Waals surface area (Å²) in [5.74, 6) is 1.41. The van der Waals surface area contributed by atoms with Crippen molar-refractivity contribution < 1.29 is 14.3 Å². The van der Waals surface area contributed by atoms with Crippen molar-refractivity contribution in [3.8, 4) is 12.3 Å². The zero-order valence-corrected chi connectivity index (χ0v) is 13.8. The van der Waals surface area contributed by atoms with Crippen LogP contribution in [0.2, 0.25) is 0 Å². The fourth-order valence-corrected chi connectivity index (χ4v) is 2.97. The van der Waals surface area contributed by atoms with Crippen LogP contribution in [0.4, 0.5) is 0 Å². The molecule has 5 heteroatoms. The molecule has 2 aromatic rings. The molecule has 1 N–H and O–H groups in total. The number of ether oxygens (including phenoxy) is 1. The average Bonchev–Trinajstić information content (AvgIpc) is 2.64. The molecule has 4 nitrogen and oxygen atoms in total. The smallest absolute Gasteiger partial charge is 0.324 e. The third-order valence-electron chi connectivity index (χ3n) is 3.05. The fraction of sp³-hybridized carbons (Fsp3) is 0.158. The molecule has 0 aromatic heterocycles. The molecule has 24 heavy (non-hydrogen) atoms. The van der Waals surface area contributed by atoms with Gasteiger partial charge < -0.3 is 10.1 Å². The first-order chi connectivity index (χ1) is 11.7. The predicted molar refractivity (Wildman–Crippen MR) is 94.3 cm³/mol. The quantitative estimate of drug-likeness (QED) is 0.479. The minimum absolute atomic E-state index is 0.108. The van der Waals surface area contributed by atoms with Gasteiger partial charge in [-0.25, -0.2) is 0 Å². The van der Waals surface area contributed by atoms with E-state index < -0.39 is 17.1 Å². The summed E-state index contributed by atoms with van der Waals surface area (Å²) in [6.45, 7) is -0.240. The summed E-state index contributed by atoms with van der Waals surface area (Å²) in [4.78, 5) is 24.9. The van der Waals surface area contributed by atoms with E-state index in [1.807, 2.05) is 60.7 Å². The first-order valence-corrected chi connectivity index (χ1v) is 8.22. The standard InChI is InChI=1S/C19H17NO3S/c1-2-13-20-17(21)14-23-19(22)18(15-9-5-3-6-10-15)24-16-11-7-4-8-12-16/h1,3-12,18H,13-14H2,(H,20,21)/t18-/m1/s1. The Balaban J connectivity index is 2.06. The van der Waals surface area contributed by atoms with Gasteiger partial charge in [-0.1, -0.05) is 54.5 Å². The number of esters is 1. The summed E-state index contributed by atoms with van der Waals surface area (Å²) in [5.41, 5.74) is 0.820. The number of terminal acetylenes is 1. The number of benzene rings is 2. The molecular weight excluding hydrogens is 322 g/mol. The van der Waals surface area contributed by atoms with Crippen LogP contribution in [0, 0.1) is 12.3 Å². The van der Waals surface area contributed by atoms with Crippen molar-refractivity contribution >= 4 is 23.6 Å². The van der Waals surface area contributed by atoms with Crippen LogP contribution >= 0.6 is 11.8 Å². The first kappa shape index (κ1) is 17.6. The predicted octanol–water partition coefficient (Wildman–Crippen LogP) is 2.81. The highest BCUT2D eigenvalue weighted by Crippen LogP contribution is 2.36. The lowest BCUT2D eigenvalue weighted by atomic mass is 10.1. The Hall–Kier alpha value is -2.71. The topological polar surface area (TPSA) is 55.4 Å². The molecule has 0 aliphatic heterocycles. The van der Waals surface area contributed by atoms with Crippen LogP contribution in [-0.4, -0.2) is 25.0 Å². The van der Waals surface area contributed by atoms with Crippen LogP contribution in [-0.2, 0) is 14.3 Å². The Kier molecular flexibility index (Phi) is 6.93. The van der Waals surface area contributed by atoms with Crippen LogP contribution in [0.15, 0.2) is 65.6 Å². The van der Waals surface area contributed by atoms with Gasteiger partial charge in [0, 0.05) is 4.90 Å². The van der Waals surface area contributed by atoms with Gasteiger partial charge in [-0.05, 0) is 17.7 Å². The van der Waals surface area contributed by atoms with E-state index in [9.17, 15) is 9.59 Å². The second-order valence-electron chi connectivity index (χ2n) is 4.81. The molecule has 0 spiro atoms. The summed E-state index contributed by atoms with van der Waals surface area (Å²) in [6.07, 6.45) is 5.07. The number of carbonyl (C=O) groups excluding carboxylic acids is 2. The van der Waals surface area contributed by atoms with Crippen molar-refractivity contribution in [3.63, 3.8) is 0 Å². The van der Waals surface area contributed by atoms with E-state index >= 15 is 0 Å². The summed E-state index contributed by atoms with van der Waals surface area (Å²) < 4.78 is 5.15. The lowest BCUT2D eigenvalue weighted by Crippen LogP contribution is -2.29. The molecule has 0 saturated carbocycles. The van der Waals surface area contributed by atoms with Crippen LogP contribution in [0.3, 0.4) is 0 Å². The third kappa shape index (κ3) is 5.49. The molecule has 2 rings (SSSR count). The van der Waals surface area contributed by atoms with Gasteiger partial charge in [0.2, 0.25) is 0 Å². The monoisotopic (exact) mass is 339 g/mol. The molecule has 0 aliphatic carbocycles. The molecule has 0 bridgehead atoms. The molecule has 122 valence electrons. The van der Waals surface area contributed by atoms with E-state index in [4.69, 9.17) is 11.2 Å². The molecule has 2 aromatic carbocycles. The van der Waals surface area contributed by atoms with E-state index in [0.29, 0.717) is 0 Å². The number of rotatable bonds is 7. The van der Waals surface area contributed by atoms with Crippen LogP contribution in [0.25, 0.3) is 0 Å². The van der Waals surface area contributed by atoms with Gasteiger partial charge in [0.1, 0.15) is 5.25 Å². The Morgan fingerprint density at radius 1 is 1.08 bits per heavy atom. The van der Waals surface area contributed by atoms with Gasteiger partial charge in [-0.3, -0.25) is 9.59 Å². The van der Waals surface area contributed by atoms with Crippen molar-refractivity contribution in [2.24, 2.45) is 0 Å². The van der Waals surface area contributed by atoms with Crippen molar-refractivity contribution in [2.45, 2.75) is 10.1 Å². The van der Waals surface area contributed by atoms with Gasteiger partial charge in [0.05, 0.1) is 6.54 Å². The van der Waals surface area contributed by atoms with Crippen molar-refractivity contribution in [3.05, 3.63) is 66.2 Å². The van der Waals surface area contributed by atoms with Crippen LogP contribution < -0.4 is 5.32 Å². The van der Waals surface area contributed by atoms with E-state index in [-0.39, 0.29) is 13.2 Å². The number of hydrogen-bond acceptors (Lipinski definition) is 4. The Bertz CT molecular complexity index is 710. The van der Waals surface area contributed by atoms with Crippen LogP contribution in [0.5, 0.6) is 0 Å². The Morgan fingerprint density at radius 2 is 1.71 bits per heavy atom. The molecular formula is C19H17NO3S. The fourth-order valence-electron chi connectivity index (χ4n) is 1.93. The maximum Gasteiger partial charge on any atom is 0.324 e. The average molecular weight is 339 g/mol. The maximum atomic E-state index is 12.5. The molecule has 0 radical (unpaired) electrons. The zero-order valence-electron chi connectivity index (χ0n) is 13.0. The second-order valence-corrected chi connectivity index (χ2v) is 5.99. The van der Waals surface area contributed by atoms with E-state index in [2.05, 4.69) is 11.2 Å². The minimum Gasteiger partial charge on any atom is -0.454 e. The van der Waals surface area contributed by atoms with E-state index in [1.165, 1.54) is 11.8 Å². The molecule has 1 amide bonds. The lowest BCUT2D eigenvalue weighted by Gasteiger charge is -2.16. The third-order valence-corrected chi connectivity index (χ3v) is 4.29. The van der Waals surface area contributed by atoms with Crippen LogP contribution in [0.1, 0.15) is 10.8 Å². The summed E-state index contributed by atoms with van der Waals surface area (Å²) in [5, 5.41) is 1.91. The van der Waals surface area contributed by atoms with E-state index in [1.54, 1.807) is 0 Å².